The molecule has 2 aromatic carbocycles. The van der Waals surface area contributed by atoms with Crippen molar-refractivity contribution in [3.63, 3.8) is 0 Å². The number of ether oxygens (including phenoxy) is 1. The number of nitrogens with one attached hydrogen (secondary N) is 2. The predicted octanol–water partition coefficient (Wildman–Crippen LogP) is 3.66. The van der Waals surface area contributed by atoms with Crippen molar-refractivity contribution >= 4 is 11.8 Å². The van der Waals surface area contributed by atoms with Gasteiger partial charge in [0.15, 0.2) is 5.78 Å². The van der Waals surface area contributed by atoms with Gasteiger partial charge >= 0.3 is 12.2 Å². The number of hydrogen-bond acceptors (Lipinski definition) is 4. The summed E-state index contributed by atoms with van der Waals surface area (Å²) in [5, 5.41) is 14.4. The summed E-state index contributed by atoms with van der Waals surface area (Å²) in [5.41, 5.74) is -2.77. The molecular weight excluding hydrogens is 413 g/mol. The van der Waals surface area contributed by atoms with Crippen LogP contribution in [-0.4, -0.2) is 35.4 Å². The molecule has 0 spiro atoms. The zero-order valence-corrected chi connectivity index (χ0v) is 16.6. The van der Waals surface area contributed by atoms with Crippen LogP contribution < -0.4 is 15.4 Å². The standard InChI is InChI=1S/C22H21F3N2O4/c1-3-12-31-16-10-8-14(9-11-16)18-17(19(28)15-6-4-13(2)5-7-15)21(30,22(23,24)25)27-20(29)26-18/h3-11,17-18,30H,1,12H2,2H3,(H2,26,27,29)/t17-,18-,21-/m0/s1. The average Bonchev–Trinajstić information content (AvgIpc) is 2.71. The summed E-state index contributed by atoms with van der Waals surface area (Å²) < 4.78 is 47.1. The Hall–Kier alpha value is -3.33. The summed E-state index contributed by atoms with van der Waals surface area (Å²) in [5.74, 6) is -2.62. The molecule has 1 heterocycles. The smallest absolute Gasteiger partial charge is 0.437 e. The Morgan fingerprint density at radius 2 is 1.81 bits per heavy atom. The fourth-order valence-corrected chi connectivity index (χ4v) is 3.44. The maximum absolute atomic E-state index is 13.9. The molecule has 9 heteroatoms. The second kappa shape index (κ2) is 8.43. The van der Waals surface area contributed by atoms with Crippen LogP contribution in [0.5, 0.6) is 5.75 Å². The highest BCUT2D eigenvalue weighted by Gasteiger charge is 2.66. The molecule has 1 aliphatic rings. The number of alkyl halides is 3. The van der Waals surface area contributed by atoms with Gasteiger partial charge < -0.3 is 20.5 Å². The molecule has 1 fully saturated rings. The zero-order chi connectivity index (χ0) is 22.8. The van der Waals surface area contributed by atoms with E-state index in [4.69, 9.17) is 4.74 Å². The molecule has 0 unspecified atom stereocenters. The third-order valence-corrected chi connectivity index (χ3v) is 5.03. The number of amides is 2. The van der Waals surface area contributed by atoms with E-state index in [2.05, 4.69) is 11.9 Å². The highest BCUT2D eigenvalue weighted by Crippen LogP contribution is 2.44. The number of urea groups is 1. The number of aliphatic hydroxyl groups is 1. The van der Waals surface area contributed by atoms with Crippen LogP contribution in [0.1, 0.15) is 27.5 Å². The van der Waals surface area contributed by atoms with E-state index in [0.29, 0.717) is 5.75 Å². The van der Waals surface area contributed by atoms with Crippen molar-refractivity contribution in [2.75, 3.05) is 6.61 Å². The van der Waals surface area contributed by atoms with Crippen LogP contribution in [0, 0.1) is 12.8 Å². The summed E-state index contributed by atoms with van der Waals surface area (Å²) in [6.45, 7) is 5.52. The third kappa shape index (κ3) is 4.41. The Labute approximate surface area is 176 Å². The van der Waals surface area contributed by atoms with Gasteiger partial charge in [-0.25, -0.2) is 4.79 Å². The normalized spacial score (nSPS) is 23.5. The first kappa shape index (κ1) is 22.4. The highest BCUT2D eigenvalue weighted by atomic mass is 19.4. The molecule has 2 amide bonds. The Morgan fingerprint density at radius 1 is 1.19 bits per heavy atom. The second-order valence-corrected chi connectivity index (χ2v) is 7.22. The van der Waals surface area contributed by atoms with Gasteiger partial charge in [-0.05, 0) is 24.6 Å². The third-order valence-electron chi connectivity index (χ3n) is 5.03. The van der Waals surface area contributed by atoms with E-state index in [1.165, 1.54) is 47.8 Å². The maximum atomic E-state index is 13.9. The van der Waals surface area contributed by atoms with Crippen molar-refractivity contribution in [1.29, 1.82) is 0 Å². The van der Waals surface area contributed by atoms with Gasteiger partial charge in [-0.2, -0.15) is 13.2 Å². The van der Waals surface area contributed by atoms with Crippen LogP contribution in [0.2, 0.25) is 0 Å². The summed E-state index contributed by atoms with van der Waals surface area (Å²) >= 11 is 0. The summed E-state index contributed by atoms with van der Waals surface area (Å²) in [6.07, 6.45) is -3.78. The number of ketones is 1. The number of aryl methyl sites for hydroxylation is 1. The number of carbonyl (C=O) groups excluding carboxylic acids is 2. The summed E-state index contributed by atoms with van der Waals surface area (Å²) in [6, 6.07) is 9.09. The molecular formula is C22H21F3N2O4. The number of halogens is 3. The molecule has 3 rings (SSSR count). The van der Waals surface area contributed by atoms with Gasteiger partial charge in [0.1, 0.15) is 18.3 Å². The van der Waals surface area contributed by atoms with E-state index in [1.807, 2.05) is 0 Å². The molecule has 6 nitrogen and oxygen atoms in total. The fraction of sp³-hybridized carbons (Fsp3) is 0.273. The monoisotopic (exact) mass is 434 g/mol. The van der Waals surface area contributed by atoms with Gasteiger partial charge in [0.05, 0.1) is 6.04 Å². The van der Waals surface area contributed by atoms with Crippen LogP contribution in [0.3, 0.4) is 0 Å². The number of rotatable bonds is 6. The second-order valence-electron chi connectivity index (χ2n) is 7.22. The first-order valence-electron chi connectivity index (χ1n) is 9.39. The topological polar surface area (TPSA) is 87.7 Å². The van der Waals surface area contributed by atoms with Crippen molar-refractivity contribution in [2.24, 2.45) is 5.92 Å². The van der Waals surface area contributed by atoms with Crippen molar-refractivity contribution < 1.29 is 32.6 Å². The van der Waals surface area contributed by atoms with Crippen molar-refractivity contribution in [3.05, 3.63) is 77.9 Å². The van der Waals surface area contributed by atoms with Crippen LogP contribution in [0.4, 0.5) is 18.0 Å². The highest BCUT2D eigenvalue weighted by molar-refractivity contribution is 6.00. The molecule has 1 aliphatic heterocycles. The molecule has 1 saturated heterocycles. The molecule has 0 aliphatic carbocycles. The molecule has 164 valence electrons. The van der Waals surface area contributed by atoms with E-state index in [-0.39, 0.29) is 17.7 Å². The molecule has 3 N–H and O–H groups in total. The van der Waals surface area contributed by atoms with Gasteiger partial charge in [0.2, 0.25) is 5.72 Å². The molecule has 31 heavy (non-hydrogen) atoms. The van der Waals surface area contributed by atoms with E-state index < -0.39 is 35.7 Å². The van der Waals surface area contributed by atoms with Gasteiger partial charge in [-0.3, -0.25) is 4.79 Å². The van der Waals surface area contributed by atoms with Gasteiger partial charge in [0, 0.05) is 5.56 Å². The number of Topliss-reactive ketones (excluding diaryl/α,β-unsaturated/α-hetero) is 1. The number of hydrogen-bond donors (Lipinski definition) is 3. The average molecular weight is 434 g/mol. The minimum Gasteiger partial charge on any atom is -0.490 e. The van der Waals surface area contributed by atoms with Crippen LogP contribution >= 0.6 is 0 Å². The lowest BCUT2D eigenvalue weighted by molar-refractivity contribution is -0.287. The van der Waals surface area contributed by atoms with Crippen LogP contribution in [0.25, 0.3) is 0 Å². The van der Waals surface area contributed by atoms with Gasteiger partial charge in [-0.1, -0.05) is 54.6 Å². The molecule has 3 atom stereocenters. The Kier molecular flexibility index (Phi) is 6.08. The van der Waals surface area contributed by atoms with E-state index in [1.54, 1.807) is 19.1 Å². The van der Waals surface area contributed by atoms with Crippen molar-refractivity contribution in [1.82, 2.24) is 10.6 Å². The Morgan fingerprint density at radius 3 is 2.35 bits per heavy atom. The summed E-state index contributed by atoms with van der Waals surface area (Å²) in [7, 11) is 0. The van der Waals surface area contributed by atoms with Crippen LogP contribution in [-0.2, 0) is 0 Å². The molecule has 0 bridgehead atoms. The maximum Gasteiger partial charge on any atom is 0.437 e. The van der Waals surface area contributed by atoms with Crippen LogP contribution in [0.15, 0.2) is 61.2 Å². The Bertz CT molecular complexity index is 974. The first-order chi connectivity index (χ1) is 14.6. The number of benzene rings is 2. The van der Waals surface area contributed by atoms with E-state index in [9.17, 15) is 27.9 Å². The largest absolute Gasteiger partial charge is 0.490 e. The number of carbonyl (C=O) groups is 2. The predicted molar refractivity (Wildman–Crippen MR) is 107 cm³/mol. The fourth-order valence-electron chi connectivity index (χ4n) is 3.44. The summed E-state index contributed by atoms with van der Waals surface area (Å²) in [4.78, 5) is 25.2. The van der Waals surface area contributed by atoms with Gasteiger partial charge in [0.25, 0.3) is 0 Å². The lowest BCUT2D eigenvalue weighted by atomic mass is 9.77. The quantitative estimate of drug-likeness (QED) is 0.478. The van der Waals surface area contributed by atoms with E-state index in [0.717, 1.165) is 5.56 Å². The van der Waals surface area contributed by atoms with Gasteiger partial charge in [-0.15, -0.1) is 0 Å². The lowest BCUT2D eigenvalue weighted by Crippen LogP contribution is -2.72. The molecule has 0 radical (unpaired) electrons. The zero-order valence-electron chi connectivity index (χ0n) is 16.6. The SMILES string of the molecule is C=CCOc1ccc([C@@H]2NC(=O)N[C@@](O)(C(F)(F)F)[C@@H]2C(=O)c2ccc(C)cc2)cc1. The van der Waals surface area contributed by atoms with Crippen molar-refractivity contribution in [2.45, 2.75) is 24.9 Å². The minimum absolute atomic E-state index is 0.0211. The molecule has 2 aromatic rings. The van der Waals surface area contributed by atoms with Crippen molar-refractivity contribution in [3.8, 4) is 5.75 Å². The first-order valence-corrected chi connectivity index (χ1v) is 9.39. The lowest BCUT2D eigenvalue weighted by Gasteiger charge is -2.45. The van der Waals surface area contributed by atoms with E-state index >= 15 is 0 Å². The minimum atomic E-state index is -5.30. The molecule has 0 saturated carbocycles. The Balaban J connectivity index is 2.07. The molecule has 0 aromatic heterocycles.